The van der Waals surface area contributed by atoms with Gasteiger partial charge in [-0.3, -0.25) is 4.79 Å². The predicted molar refractivity (Wildman–Crippen MR) is 82.9 cm³/mol. The van der Waals surface area contributed by atoms with Crippen LogP contribution < -0.4 is 10.1 Å². The first-order valence-electron chi connectivity index (χ1n) is 7.18. The Kier molecular flexibility index (Phi) is 3.58. The molecule has 1 amide bonds. The fraction of sp³-hybridized carbons (Fsp3) is 0.438. The Bertz CT molecular complexity index is 744. The summed E-state index contributed by atoms with van der Waals surface area (Å²) in [6.07, 6.45) is -0.632. The molecule has 1 fully saturated rings. The highest BCUT2D eigenvalue weighted by atomic mass is 16.9. The summed E-state index contributed by atoms with van der Waals surface area (Å²) >= 11 is 0. The molecule has 1 saturated heterocycles. The minimum absolute atomic E-state index is 0.151. The number of nitrogens with one attached hydrogen (secondary N) is 1. The number of nitrogens with zero attached hydrogens (tertiary/aromatic N) is 1. The Morgan fingerprint density at radius 2 is 2.05 bits per heavy atom. The number of carbonyl (C=O) groups is 1. The van der Waals surface area contributed by atoms with Gasteiger partial charge in [-0.1, -0.05) is 0 Å². The number of anilines is 1. The van der Waals surface area contributed by atoms with Crippen molar-refractivity contribution in [3.63, 3.8) is 0 Å². The average Bonchev–Trinajstić information content (AvgIpc) is 2.68. The Balaban J connectivity index is 2.28. The van der Waals surface area contributed by atoms with Crippen LogP contribution in [0.1, 0.15) is 31.4 Å². The van der Waals surface area contributed by atoms with Crippen molar-refractivity contribution in [3.8, 4) is 5.75 Å². The summed E-state index contributed by atoms with van der Waals surface area (Å²) in [5, 5.41) is 3.77. The van der Waals surface area contributed by atoms with Crippen molar-refractivity contribution >= 4 is 22.5 Å². The number of methoxy groups -OCH3 is 1. The molecule has 0 aliphatic carbocycles. The van der Waals surface area contributed by atoms with Crippen molar-refractivity contribution in [3.05, 3.63) is 23.4 Å². The first-order valence-corrected chi connectivity index (χ1v) is 7.18. The molecule has 1 aliphatic rings. The lowest BCUT2D eigenvalue weighted by atomic mass is 10.1. The summed E-state index contributed by atoms with van der Waals surface area (Å²) in [4.78, 5) is 11.6. The summed E-state index contributed by atoms with van der Waals surface area (Å²) in [6, 6.07) is 3.82. The fourth-order valence-electron chi connectivity index (χ4n) is 2.92. The number of benzene rings is 1. The number of carbonyl (C=O) groups excluding carboxylic acids is 1. The highest BCUT2D eigenvalue weighted by Crippen LogP contribution is 2.44. The molecule has 6 nitrogen and oxygen atoms in total. The van der Waals surface area contributed by atoms with Gasteiger partial charge in [-0.15, -0.1) is 0 Å². The number of amides is 1. The number of fused-ring (bicyclic) bond motifs is 1. The second-order valence-corrected chi connectivity index (χ2v) is 5.45. The van der Waals surface area contributed by atoms with Crippen LogP contribution in [0.2, 0.25) is 0 Å². The van der Waals surface area contributed by atoms with E-state index in [0.717, 1.165) is 22.2 Å². The molecule has 0 atom stereocenters. The monoisotopic (exact) mass is 304 g/mol. The van der Waals surface area contributed by atoms with Crippen LogP contribution in [-0.4, -0.2) is 23.9 Å². The Hall–Kier alpha value is -2.05. The number of aromatic nitrogens is 1. The van der Waals surface area contributed by atoms with Gasteiger partial charge in [-0.05, 0) is 26.0 Å². The number of aryl methyl sites for hydroxylation is 1. The topological polar surface area (TPSA) is 61.7 Å². The quantitative estimate of drug-likeness (QED) is 0.947. The molecule has 2 heterocycles. The van der Waals surface area contributed by atoms with Gasteiger partial charge in [0.2, 0.25) is 5.91 Å². The molecule has 0 bridgehead atoms. The molecule has 0 unspecified atom stereocenters. The number of ether oxygens (including phenoxy) is 3. The largest absolute Gasteiger partial charge is 0.495 e. The molecule has 118 valence electrons. The molecule has 3 rings (SSSR count). The maximum Gasteiger partial charge on any atom is 0.221 e. The van der Waals surface area contributed by atoms with E-state index in [9.17, 15) is 4.79 Å². The predicted octanol–water partition coefficient (Wildman–Crippen LogP) is 2.85. The molecule has 1 aromatic heterocycles. The van der Waals surface area contributed by atoms with Gasteiger partial charge >= 0.3 is 0 Å². The fourth-order valence-corrected chi connectivity index (χ4v) is 2.92. The van der Waals surface area contributed by atoms with Crippen LogP contribution in [-0.2, 0) is 21.3 Å². The molecule has 1 N–H and O–H groups in total. The van der Waals surface area contributed by atoms with E-state index in [0.29, 0.717) is 11.4 Å². The molecular formula is C16H20N2O4. The van der Waals surface area contributed by atoms with Gasteiger partial charge in [-0.25, -0.2) is 0 Å². The van der Waals surface area contributed by atoms with Gasteiger partial charge in [-0.2, -0.15) is 0 Å². The third kappa shape index (κ3) is 2.15. The zero-order valence-electron chi connectivity index (χ0n) is 13.4. The van der Waals surface area contributed by atoms with E-state index in [-0.39, 0.29) is 12.2 Å². The van der Waals surface area contributed by atoms with Crippen molar-refractivity contribution in [1.82, 2.24) is 4.57 Å². The Morgan fingerprint density at radius 3 is 2.59 bits per heavy atom. The molecule has 1 aliphatic heterocycles. The van der Waals surface area contributed by atoms with Crippen molar-refractivity contribution in [2.75, 3.05) is 12.4 Å². The zero-order chi connectivity index (χ0) is 16.0. The first kappa shape index (κ1) is 14.9. The third-order valence-electron chi connectivity index (χ3n) is 4.06. The SMILES string of the molecule is COc1ccc2c(c1NC(C)=O)c(C1OC(C)O1)c(C)n2C. The lowest BCUT2D eigenvalue weighted by molar-refractivity contribution is -0.382. The minimum atomic E-state index is -0.418. The summed E-state index contributed by atoms with van der Waals surface area (Å²) < 4.78 is 18.8. The first-order chi connectivity index (χ1) is 10.4. The van der Waals surface area contributed by atoms with E-state index in [2.05, 4.69) is 9.88 Å². The summed E-state index contributed by atoms with van der Waals surface area (Å²) in [5.41, 5.74) is 3.60. The molecule has 0 saturated carbocycles. The molecular weight excluding hydrogens is 284 g/mol. The maximum absolute atomic E-state index is 11.6. The maximum atomic E-state index is 11.6. The van der Waals surface area contributed by atoms with Crippen molar-refractivity contribution in [2.45, 2.75) is 33.4 Å². The van der Waals surface area contributed by atoms with Gasteiger partial charge < -0.3 is 24.1 Å². The molecule has 0 radical (unpaired) electrons. The van der Waals surface area contributed by atoms with E-state index < -0.39 is 6.29 Å². The second kappa shape index (κ2) is 5.30. The summed E-state index contributed by atoms with van der Waals surface area (Å²) in [6.45, 7) is 5.34. The van der Waals surface area contributed by atoms with E-state index in [1.54, 1.807) is 7.11 Å². The van der Waals surface area contributed by atoms with Gasteiger partial charge in [0.1, 0.15) is 5.75 Å². The Morgan fingerprint density at radius 1 is 1.36 bits per heavy atom. The average molecular weight is 304 g/mol. The molecule has 6 heteroatoms. The number of rotatable bonds is 3. The van der Waals surface area contributed by atoms with Crippen LogP contribution >= 0.6 is 0 Å². The van der Waals surface area contributed by atoms with Gasteiger partial charge in [0.25, 0.3) is 0 Å². The van der Waals surface area contributed by atoms with Crippen molar-refractivity contribution < 1.29 is 19.0 Å². The van der Waals surface area contributed by atoms with Crippen LogP contribution in [0.5, 0.6) is 5.75 Å². The summed E-state index contributed by atoms with van der Waals surface area (Å²) in [7, 11) is 3.56. The lowest BCUT2D eigenvalue weighted by Gasteiger charge is -2.34. The van der Waals surface area contributed by atoms with Crippen molar-refractivity contribution in [1.29, 1.82) is 0 Å². The van der Waals surface area contributed by atoms with E-state index in [1.807, 2.05) is 33.0 Å². The highest BCUT2D eigenvalue weighted by Gasteiger charge is 2.34. The lowest BCUT2D eigenvalue weighted by Crippen LogP contribution is -2.32. The number of hydrogen-bond donors (Lipinski definition) is 1. The molecule has 1 aromatic carbocycles. The molecule has 22 heavy (non-hydrogen) atoms. The van der Waals surface area contributed by atoms with Crippen LogP contribution in [0, 0.1) is 6.92 Å². The normalized spacial score (nSPS) is 20.8. The van der Waals surface area contributed by atoms with Gasteiger partial charge in [0.05, 0.1) is 18.3 Å². The second-order valence-electron chi connectivity index (χ2n) is 5.45. The number of hydrogen-bond acceptors (Lipinski definition) is 4. The van der Waals surface area contributed by atoms with E-state index >= 15 is 0 Å². The third-order valence-corrected chi connectivity index (χ3v) is 4.06. The highest BCUT2D eigenvalue weighted by molar-refractivity contribution is 6.05. The summed E-state index contributed by atoms with van der Waals surface area (Å²) in [5.74, 6) is 0.462. The van der Waals surface area contributed by atoms with E-state index in [1.165, 1.54) is 6.92 Å². The van der Waals surface area contributed by atoms with E-state index in [4.69, 9.17) is 14.2 Å². The zero-order valence-corrected chi connectivity index (χ0v) is 13.4. The standard InChI is InChI=1S/C16H20N2O4/c1-8-13(16-21-10(3)22-16)14-11(18(8)4)6-7-12(20-5)15(14)17-9(2)19/h6-7,10,16H,1-5H3,(H,17,19). The van der Waals surface area contributed by atoms with Crippen LogP contribution in [0.25, 0.3) is 10.9 Å². The van der Waals surface area contributed by atoms with Gasteiger partial charge in [0, 0.05) is 30.6 Å². The van der Waals surface area contributed by atoms with Crippen LogP contribution in [0.3, 0.4) is 0 Å². The molecule has 0 spiro atoms. The van der Waals surface area contributed by atoms with Gasteiger partial charge in [0.15, 0.2) is 12.6 Å². The van der Waals surface area contributed by atoms with Crippen molar-refractivity contribution in [2.24, 2.45) is 7.05 Å². The smallest absolute Gasteiger partial charge is 0.221 e. The van der Waals surface area contributed by atoms with Crippen LogP contribution in [0.4, 0.5) is 5.69 Å². The van der Waals surface area contributed by atoms with Crippen LogP contribution in [0.15, 0.2) is 12.1 Å². The minimum Gasteiger partial charge on any atom is -0.495 e. The Labute approximate surface area is 128 Å². The molecule has 2 aromatic rings.